The lowest BCUT2D eigenvalue weighted by atomic mass is 9.91. The lowest BCUT2D eigenvalue weighted by molar-refractivity contribution is 0.219. The highest BCUT2D eigenvalue weighted by atomic mass is 15.1. The summed E-state index contributed by atoms with van der Waals surface area (Å²) in [4.78, 5) is 6.68. The Morgan fingerprint density at radius 1 is 1.33 bits per heavy atom. The molecule has 15 heavy (non-hydrogen) atoms. The molecule has 0 unspecified atom stereocenters. The van der Waals surface area contributed by atoms with E-state index in [2.05, 4.69) is 29.9 Å². The van der Waals surface area contributed by atoms with Crippen molar-refractivity contribution in [1.82, 2.24) is 9.88 Å². The molecule has 0 amide bonds. The molecule has 0 N–H and O–H groups in total. The largest absolute Gasteiger partial charge is 0.306 e. The van der Waals surface area contributed by atoms with Crippen molar-refractivity contribution in [2.75, 3.05) is 20.1 Å². The van der Waals surface area contributed by atoms with Gasteiger partial charge in [0.1, 0.15) is 0 Å². The number of pyridine rings is 1. The molecule has 1 aromatic heterocycles. The summed E-state index contributed by atoms with van der Waals surface area (Å²) in [6.07, 6.45) is 7.83. The second-order valence-corrected chi connectivity index (χ2v) is 4.82. The van der Waals surface area contributed by atoms with E-state index in [1.165, 1.54) is 43.5 Å². The average Bonchev–Trinajstić information content (AvgIpc) is 2.22. The zero-order valence-electron chi connectivity index (χ0n) is 9.74. The van der Waals surface area contributed by atoms with Crippen LogP contribution in [0.3, 0.4) is 0 Å². The fourth-order valence-electron chi connectivity index (χ4n) is 2.33. The monoisotopic (exact) mass is 204 g/mol. The number of aromatic nitrogens is 1. The topological polar surface area (TPSA) is 16.1 Å². The molecule has 2 heterocycles. The van der Waals surface area contributed by atoms with Crippen molar-refractivity contribution in [3.8, 4) is 0 Å². The number of hydrogen-bond donors (Lipinski definition) is 0. The van der Waals surface area contributed by atoms with E-state index in [0.717, 1.165) is 5.92 Å². The molecule has 2 rings (SSSR count). The predicted molar refractivity (Wildman–Crippen MR) is 62.9 cm³/mol. The third-order valence-corrected chi connectivity index (χ3v) is 3.29. The molecule has 0 aromatic carbocycles. The zero-order valence-corrected chi connectivity index (χ0v) is 9.74. The van der Waals surface area contributed by atoms with Gasteiger partial charge in [-0.3, -0.25) is 4.98 Å². The highest BCUT2D eigenvalue weighted by Gasteiger charge is 2.16. The molecule has 1 aliphatic rings. The van der Waals surface area contributed by atoms with Crippen molar-refractivity contribution in [2.45, 2.75) is 26.2 Å². The molecule has 0 spiro atoms. The van der Waals surface area contributed by atoms with E-state index in [-0.39, 0.29) is 0 Å². The van der Waals surface area contributed by atoms with Gasteiger partial charge in [0.15, 0.2) is 0 Å². The molecule has 1 aromatic rings. The number of rotatable bonds is 2. The fourth-order valence-corrected chi connectivity index (χ4v) is 2.33. The van der Waals surface area contributed by atoms with Crippen molar-refractivity contribution < 1.29 is 0 Å². The van der Waals surface area contributed by atoms with Crippen molar-refractivity contribution in [3.05, 3.63) is 29.6 Å². The van der Waals surface area contributed by atoms with Crippen LogP contribution >= 0.6 is 0 Å². The van der Waals surface area contributed by atoms with E-state index >= 15 is 0 Å². The molecule has 0 radical (unpaired) electrons. The van der Waals surface area contributed by atoms with Gasteiger partial charge in [-0.05, 0) is 63.4 Å². The lowest BCUT2D eigenvalue weighted by Crippen LogP contribution is -2.30. The predicted octanol–water partition coefficient (Wildman–Crippen LogP) is 2.27. The normalized spacial score (nSPS) is 19.3. The molecule has 1 aliphatic heterocycles. The molecule has 0 bridgehead atoms. The summed E-state index contributed by atoms with van der Waals surface area (Å²) in [7, 11) is 2.21. The van der Waals surface area contributed by atoms with E-state index in [1.54, 1.807) is 0 Å². The van der Waals surface area contributed by atoms with Crippen LogP contribution in [-0.2, 0) is 6.42 Å². The number of piperidine rings is 1. The van der Waals surface area contributed by atoms with E-state index in [9.17, 15) is 0 Å². The Hall–Kier alpha value is -0.890. The first kappa shape index (κ1) is 10.6. The zero-order chi connectivity index (χ0) is 10.7. The summed E-state index contributed by atoms with van der Waals surface area (Å²) in [5.74, 6) is 0.866. The Morgan fingerprint density at radius 3 is 2.73 bits per heavy atom. The number of hydrogen-bond acceptors (Lipinski definition) is 2. The van der Waals surface area contributed by atoms with Gasteiger partial charge in [-0.2, -0.15) is 0 Å². The first-order valence-electron chi connectivity index (χ1n) is 5.83. The summed E-state index contributed by atoms with van der Waals surface area (Å²) in [6, 6.07) is 2.27. The Labute approximate surface area is 92.3 Å². The minimum atomic E-state index is 0.866. The molecule has 82 valence electrons. The number of nitrogens with zero attached hydrogens (tertiary/aromatic N) is 2. The molecular formula is C13H20N2. The summed E-state index contributed by atoms with van der Waals surface area (Å²) >= 11 is 0. The first-order chi connectivity index (χ1) is 7.24. The summed E-state index contributed by atoms with van der Waals surface area (Å²) in [5.41, 5.74) is 2.69. The van der Waals surface area contributed by atoms with Gasteiger partial charge in [-0.1, -0.05) is 6.07 Å². The second kappa shape index (κ2) is 4.75. The van der Waals surface area contributed by atoms with Crippen LogP contribution < -0.4 is 0 Å². The molecule has 0 atom stereocenters. The van der Waals surface area contributed by atoms with Gasteiger partial charge in [0.05, 0.1) is 0 Å². The molecular weight excluding hydrogens is 184 g/mol. The maximum atomic E-state index is 4.25. The second-order valence-electron chi connectivity index (χ2n) is 4.82. The maximum absolute atomic E-state index is 4.25. The van der Waals surface area contributed by atoms with Gasteiger partial charge < -0.3 is 4.90 Å². The molecule has 1 saturated heterocycles. The number of aryl methyl sites for hydroxylation is 1. The van der Waals surface area contributed by atoms with Gasteiger partial charge in [0, 0.05) is 12.4 Å². The molecule has 0 aliphatic carbocycles. The van der Waals surface area contributed by atoms with Crippen LogP contribution in [0.25, 0.3) is 0 Å². The quantitative estimate of drug-likeness (QED) is 0.734. The van der Waals surface area contributed by atoms with Crippen molar-refractivity contribution in [1.29, 1.82) is 0 Å². The summed E-state index contributed by atoms with van der Waals surface area (Å²) < 4.78 is 0. The van der Waals surface area contributed by atoms with Crippen LogP contribution in [0.5, 0.6) is 0 Å². The van der Waals surface area contributed by atoms with Gasteiger partial charge in [0.25, 0.3) is 0 Å². The number of likely N-dealkylation sites (tertiary alicyclic amines) is 1. The van der Waals surface area contributed by atoms with E-state index in [0.29, 0.717) is 0 Å². The van der Waals surface area contributed by atoms with Crippen molar-refractivity contribution in [3.63, 3.8) is 0 Å². The average molecular weight is 204 g/mol. The minimum absolute atomic E-state index is 0.866. The summed E-state index contributed by atoms with van der Waals surface area (Å²) in [6.45, 7) is 4.62. The first-order valence-corrected chi connectivity index (χ1v) is 5.83. The Balaban J connectivity index is 1.92. The van der Waals surface area contributed by atoms with Crippen LogP contribution in [0.2, 0.25) is 0 Å². The van der Waals surface area contributed by atoms with Crippen LogP contribution in [0.15, 0.2) is 18.5 Å². The van der Waals surface area contributed by atoms with Crippen LogP contribution in [0.4, 0.5) is 0 Å². The van der Waals surface area contributed by atoms with Crippen molar-refractivity contribution >= 4 is 0 Å². The van der Waals surface area contributed by atoms with E-state index in [4.69, 9.17) is 0 Å². The van der Waals surface area contributed by atoms with E-state index in [1.807, 2.05) is 12.4 Å². The van der Waals surface area contributed by atoms with Gasteiger partial charge >= 0.3 is 0 Å². The van der Waals surface area contributed by atoms with E-state index < -0.39 is 0 Å². The Morgan fingerprint density at radius 2 is 2.07 bits per heavy atom. The Bertz CT molecular complexity index is 314. The van der Waals surface area contributed by atoms with Gasteiger partial charge in [-0.25, -0.2) is 0 Å². The maximum Gasteiger partial charge on any atom is 0.0300 e. The standard InChI is InChI=1S/C13H20N2/c1-11-7-13(10-14-9-11)8-12-3-5-15(2)6-4-12/h7,9-10,12H,3-6,8H2,1-2H3. The molecule has 0 saturated carbocycles. The highest BCUT2D eigenvalue weighted by Crippen LogP contribution is 2.20. The third-order valence-electron chi connectivity index (χ3n) is 3.29. The summed E-state index contributed by atoms with van der Waals surface area (Å²) in [5, 5.41) is 0. The molecule has 1 fully saturated rings. The fraction of sp³-hybridized carbons (Fsp3) is 0.615. The molecule has 2 nitrogen and oxygen atoms in total. The smallest absolute Gasteiger partial charge is 0.0300 e. The Kier molecular flexibility index (Phi) is 3.37. The van der Waals surface area contributed by atoms with Crippen molar-refractivity contribution in [2.24, 2.45) is 5.92 Å². The van der Waals surface area contributed by atoms with Gasteiger partial charge in [0.2, 0.25) is 0 Å². The lowest BCUT2D eigenvalue weighted by Gasteiger charge is -2.28. The SMILES string of the molecule is Cc1cncc(CC2CCN(C)CC2)c1. The molecule has 2 heteroatoms. The van der Waals surface area contributed by atoms with Crippen LogP contribution in [-0.4, -0.2) is 30.0 Å². The highest BCUT2D eigenvalue weighted by molar-refractivity contribution is 5.17. The van der Waals surface area contributed by atoms with Crippen LogP contribution in [0, 0.1) is 12.8 Å². The van der Waals surface area contributed by atoms with Gasteiger partial charge in [-0.15, -0.1) is 0 Å². The minimum Gasteiger partial charge on any atom is -0.306 e. The van der Waals surface area contributed by atoms with Crippen LogP contribution in [0.1, 0.15) is 24.0 Å². The third kappa shape index (κ3) is 3.03.